The van der Waals surface area contributed by atoms with Gasteiger partial charge in [-0.3, -0.25) is 9.48 Å². The van der Waals surface area contributed by atoms with Crippen LogP contribution in [0.4, 0.5) is 10.5 Å². The van der Waals surface area contributed by atoms with Crippen molar-refractivity contribution in [2.45, 2.75) is 45.3 Å². The maximum Gasteiger partial charge on any atom is 0.410 e. The summed E-state index contributed by atoms with van der Waals surface area (Å²) in [4.78, 5) is 29.0. The van der Waals surface area contributed by atoms with Crippen LogP contribution in [-0.4, -0.2) is 52.4 Å². The maximum absolute atomic E-state index is 13.2. The number of anilines is 1. The Labute approximate surface area is 188 Å². The molecule has 1 aliphatic heterocycles. The lowest BCUT2D eigenvalue weighted by molar-refractivity contribution is 0.0167. The standard InChI is InChI=1S/C25H30N4O3/c1-25(2,3)32-24(31)28-15-8-11-19(17-28)29-16-14-21(26-29)23(30)27(4)22-13-7-10-18-9-5-6-12-20(18)22/h5-7,9-10,12-14,16,19H,8,11,15,17H2,1-4H3. The number of piperidine rings is 1. The molecule has 1 atom stereocenters. The zero-order chi connectivity index (χ0) is 22.9. The van der Waals surface area contributed by atoms with Crippen molar-refractivity contribution < 1.29 is 14.3 Å². The average molecular weight is 435 g/mol. The van der Waals surface area contributed by atoms with Gasteiger partial charge in [0.15, 0.2) is 5.69 Å². The number of hydrogen-bond donors (Lipinski definition) is 0. The van der Waals surface area contributed by atoms with Gasteiger partial charge < -0.3 is 14.5 Å². The van der Waals surface area contributed by atoms with Crippen LogP contribution < -0.4 is 4.90 Å². The molecule has 1 saturated heterocycles. The summed E-state index contributed by atoms with van der Waals surface area (Å²) in [6.45, 7) is 6.78. The van der Waals surface area contributed by atoms with Gasteiger partial charge in [-0.25, -0.2) is 4.79 Å². The molecule has 1 unspecified atom stereocenters. The van der Waals surface area contributed by atoms with Crippen LogP contribution in [0.3, 0.4) is 0 Å². The van der Waals surface area contributed by atoms with Crippen LogP contribution in [0.25, 0.3) is 10.8 Å². The number of likely N-dealkylation sites (tertiary alicyclic amines) is 1. The normalized spacial score (nSPS) is 16.8. The fraction of sp³-hybridized carbons (Fsp3) is 0.400. The van der Waals surface area contributed by atoms with Crippen molar-refractivity contribution in [1.82, 2.24) is 14.7 Å². The summed E-state index contributed by atoms with van der Waals surface area (Å²) in [6.07, 6.45) is 3.28. The van der Waals surface area contributed by atoms with Crippen LogP contribution in [0.2, 0.25) is 0 Å². The second-order valence-corrected chi connectivity index (χ2v) is 9.27. The Morgan fingerprint density at radius 1 is 1.09 bits per heavy atom. The first-order valence-corrected chi connectivity index (χ1v) is 11.0. The van der Waals surface area contributed by atoms with E-state index in [4.69, 9.17) is 4.74 Å². The minimum absolute atomic E-state index is 0.0145. The van der Waals surface area contributed by atoms with Gasteiger partial charge in [-0.15, -0.1) is 0 Å². The average Bonchev–Trinajstić information content (AvgIpc) is 3.27. The van der Waals surface area contributed by atoms with Crippen molar-refractivity contribution in [3.63, 3.8) is 0 Å². The number of nitrogens with zero attached hydrogens (tertiary/aromatic N) is 4. The van der Waals surface area contributed by atoms with E-state index in [2.05, 4.69) is 5.10 Å². The van der Waals surface area contributed by atoms with Gasteiger partial charge in [0.2, 0.25) is 0 Å². The molecule has 0 N–H and O–H groups in total. The summed E-state index contributed by atoms with van der Waals surface area (Å²) in [5, 5.41) is 6.68. The third-order valence-corrected chi connectivity index (χ3v) is 5.68. The maximum atomic E-state index is 13.2. The molecule has 0 spiro atoms. The lowest BCUT2D eigenvalue weighted by Gasteiger charge is -2.34. The molecule has 168 valence electrons. The molecule has 1 aromatic heterocycles. The van der Waals surface area contributed by atoms with Gasteiger partial charge in [0, 0.05) is 31.7 Å². The highest BCUT2D eigenvalue weighted by Gasteiger charge is 2.29. The molecule has 0 bridgehead atoms. The van der Waals surface area contributed by atoms with Gasteiger partial charge in [-0.05, 0) is 51.1 Å². The lowest BCUT2D eigenvalue weighted by Crippen LogP contribution is -2.43. The van der Waals surface area contributed by atoms with Crippen molar-refractivity contribution in [3.05, 3.63) is 60.4 Å². The van der Waals surface area contributed by atoms with Gasteiger partial charge in [0.05, 0.1) is 11.7 Å². The number of rotatable bonds is 3. The number of fused-ring (bicyclic) bond motifs is 1. The van der Waals surface area contributed by atoms with Crippen LogP contribution in [0, 0.1) is 0 Å². The number of hydrogen-bond acceptors (Lipinski definition) is 4. The Balaban J connectivity index is 1.49. The summed E-state index contributed by atoms with van der Waals surface area (Å²) >= 11 is 0. The van der Waals surface area contributed by atoms with Crippen molar-refractivity contribution in [1.29, 1.82) is 0 Å². The first-order valence-electron chi connectivity index (χ1n) is 11.0. The molecule has 3 aromatic rings. The van der Waals surface area contributed by atoms with Gasteiger partial charge >= 0.3 is 6.09 Å². The van der Waals surface area contributed by atoms with Crippen molar-refractivity contribution in [3.8, 4) is 0 Å². The van der Waals surface area contributed by atoms with E-state index in [9.17, 15) is 9.59 Å². The van der Waals surface area contributed by atoms with Crippen LogP contribution >= 0.6 is 0 Å². The molecule has 1 aliphatic rings. The molecule has 0 saturated carbocycles. The second-order valence-electron chi connectivity index (χ2n) is 9.27. The van der Waals surface area contributed by atoms with Crippen molar-refractivity contribution >= 4 is 28.5 Å². The number of ether oxygens (including phenoxy) is 1. The van der Waals surface area contributed by atoms with E-state index >= 15 is 0 Å². The third kappa shape index (κ3) is 4.61. The van der Waals surface area contributed by atoms with E-state index in [1.807, 2.05) is 69.4 Å². The Kier molecular flexibility index (Phi) is 5.91. The predicted molar refractivity (Wildman–Crippen MR) is 125 cm³/mol. The second kappa shape index (κ2) is 8.65. The molecule has 0 aliphatic carbocycles. The van der Waals surface area contributed by atoms with Crippen LogP contribution in [0.1, 0.15) is 50.1 Å². The van der Waals surface area contributed by atoms with Gasteiger partial charge in [-0.2, -0.15) is 5.10 Å². The summed E-state index contributed by atoms with van der Waals surface area (Å²) in [5.41, 5.74) is 0.702. The summed E-state index contributed by atoms with van der Waals surface area (Å²) in [6, 6.07) is 15.7. The van der Waals surface area contributed by atoms with E-state index in [1.54, 1.807) is 27.6 Å². The Bertz CT molecular complexity index is 1130. The third-order valence-electron chi connectivity index (χ3n) is 5.68. The fourth-order valence-corrected chi connectivity index (χ4v) is 4.10. The number of amides is 2. The molecule has 7 heteroatoms. The Morgan fingerprint density at radius 2 is 1.84 bits per heavy atom. The van der Waals surface area contributed by atoms with Gasteiger partial charge in [0.25, 0.3) is 5.91 Å². The highest BCUT2D eigenvalue weighted by atomic mass is 16.6. The van der Waals surface area contributed by atoms with E-state index < -0.39 is 5.60 Å². The lowest BCUT2D eigenvalue weighted by atomic mass is 10.1. The molecule has 7 nitrogen and oxygen atoms in total. The first kappa shape index (κ1) is 21.9. The van der Waals surface area contributed by atoms with E-state index in [-0.39, 0.29) is 18.0 Å². The SMILES string of the molecule is CN(C(=O)c1ccn(C2CCCN(C(=O)OC(C)(C)C)C2)n1)c1cccc2ccccc12. The monoisotopic (exact) mass is 434 g/mol. The van der Waals surface area contributed by atoms with Gasteiger partial charge in [0.1, 0.15) is 5.60 Å². The molecule has 2 amide bonds. The van der Waals surface area contributed by atoms with Crippen LogP contribution in [0.5, 0.6) is 0 Å². The van der Waals surface area contributed by atoms with Crippen LogP contribution in [-0.2, 0) is 4.74 Å². The Morgan fingerprint density at radius 3 is 2.62 bits per heavy atom. The van der Waals surface area contributed by atoms with E-state index in [0.717, 1.165) is 29.3 Å². The van der Waals surface area contributed by atoms with Gasteiger partial charge in [-0.1, -0.05) is 36.4 Å². The Hall–Kier alpha value is -3.35. The molecule has 1 fully saturated rings. The summed E-state index contributed by atoms with van der Waals surface area (Å²) in [7, 11) is 1.77. The first-order chi connectivity index (χ1) is 15.2. The van der Waals surface area contributed by atoms with E-state index in [1.165, 1.54) is 0 Å². The quantitative estimate of drug-likeness (QED) is 0.589. The molecule has 0 radical (unpaired) electrons. The number of benzene rings is 2. The predicted octanol–water partition coefficient (Wildman–Crippen LogP) is 4.88. The molecule has 2 aromatic carbocycles. The summed E-state index contributed by atoms with van der Waals surface area (Å²) < 4.78 is 7.32. The van der Waals surface area contributed by atoms with Crippen LogP contribution in [0.15, 0.2) is 54.7 Å². The summed E-state index contributed by atoms with van der Waals surface area (Å²) in [5.74, 6) is -0.167. The molecular formula is C25H30N4O3. The zero-order valence-corrected chi connectivity index (χ0v) is 19.1. The largest absolute Gasteiger partial charge is 0.444 e. The zero-order valence-electron chi connectivity index (χ0n) is 19.1. The van der Waals surface area contributed by atoms with Crippen molar-refractivity contribution in [2.24, 2.45) is 0 Å². The molecule has 32 heavy (non-hydrogen) atoms. The highest BCUT2D eigenvalue weighted by Crippen LogP contribution is 2.27. The minimum atomic E-state index is -0.526. The molecule has 2 heterocycles. The topological polar surface area (TPSA) is 67.7 Å². The molecular weight excluding hydrogens is 404 g/mol. The van der Waals surface area contributed by atoms with Crippen molar-refractivity contribution in [2.75, 3.05) is 25.0 Å². The van der Waals surface area contributed by atoms with E-state index in [0.29, 0.717) is 18.8 Å². The number of carbonyl (C=O) groups is 2. The minimum Gasteiger partial charge on any atom is -0.444 e. The molecule has 4 rings (SSSR count). The number of aromatic nitrogens is 2. The number of carbonyl (C=O) groups excluding carboxylic acids is 2. The fourth-order valence-electron chi connectivity index (χ4n) is 4.10. The smallest absolute Gasteiger partial charge is 0.410 e. The highest BCUT2D eigenvalue weighted by molar-refractivity contribution is 6.09.